The maximum absolute atomic E-state index is 12.4. The van der Waals surface area contributed by atoms with E-state index in [4.69, 9.17) is 5.11 Å². The quantitative estimate of drug-likeness (QED) is 0.328. The number of rotatable bonds is 14. The molecule has 4 atom stereocenters. The van der Waals surface area contributed by atoms with Crippen LogP contribution in [0.1, 0.15) is 77.6 Å². The fraction of sp³-hybridized carbons (Fsp3) is 0.792. The van der Waals surface area contributed by atoms with Crippen LogP contribution in [0.3, 0.4) is 0 Å². The molecule has 0 aliphatic heterocycles. The molecule has 0 unspecified atom stereocenters. The van der Waals surface area contributed by atoms with Crippen molar-refractivity contribution >= 4 is 17.8 Å². The molecule has 2 aliphatic carbocycles. The number of carbonyl (C=O) groups excluding carboxylic acids is 2. The highest BCUT2D eigenvalue weighted by Gasteiger charge is 2.46. The molecule has 6 nitrogen and oxygen atoms in total. The van der Waals surface area contributed by atoms with Crippen LogP contribution < -0.4 is 5.32 Å². The Morgan fingerprint density at radius 1 is 1.03 bits per heavy atom. The van der Waals surface area contributed by atoms with Crippen LogP contribution in [0.4, 0.5) is 0 Å². The lowest BCUT2D eigenvalue weighted by Crippen LogP contribution is -2.41. The summed E-state index contributed by atoms with van der Waals surface area (Å²) < 4.78 is 0. The summed E-state index contributed by atoms with van der Waals surface area (Å²) in [6.45, 7) is 2.95. The number of nitrogens with one attached hydrogen (secondary N) is 1. The number of hydrogen-bond acceptors (Lipinski definition) is 3. The molecule has 0 saturated heterocycles. The standard InChI is InChI=1S/C24H40N2O4/c1-3-4-7-11-23(28)26(2)17-22(27)25-16-21-19-14-13-18(15-19)20(21)10-8-5-6-9-12-24(29)30/h5,8,18-21H,3-4,6-7,9-17H2,1-2H3,(H,25,27)(H,29,30)/t18-,19+,20-,21+/m0/s1. The average molecular weight is 421 g/mol. The smallest absolute Gasteiger partial charge is 0.303 e. The lowest BCUT2D eigenvalue weighted by Gasteiger charge is -2.31. The van der Waals surface area contributed by atoms with Crippen molar-refractivity contribution in [1.29, 1.82) is 0 Å². The van der Waals surface area contributed by atoms with E-state index in [1.807, 2.05) is 0 Å². The first-order valence-electron chi connectivity index (χ1n) is 11.8. The summed E-state index contributed by atoms with van der Waals surface area (Å²) in [5.74, 6) is 1.82. The molecule has 0 spiro atoms. The number of carbonyl (C=O) groups is 3. The zero-order chi connectivity index (χ0) is 21.9. The zero-order valence-electron chi connectivity index (χ0n) is 18.8. The third-order valence-corrected chi connectivity index (χ3v) is 6.95. The van der Waals surface area contributed by atoms with Crippen LogP contribution in [-0.4, -0.2) is 47.9 Å². The summed E-state index contributed by atoms with van der Waals surface area (Å²) in [4.78, 5) is 36.6. The number of aliphatic carboxylic acids is 1. The van der Waals surface area contributed by atoms with E-state index in [1.165, 1.54) is 19.3 Å². The maximum atomic E-state index is 12.4. The van der Waals surface area contributed by atoms with Gasteiger partial charge in [0.2, 0.25) is 11.8 Å². The third-order valence-electron chi connectivity index (χ3n) is 6.95. The second-order valence-electron chi connectivity index (χ2n) is 9.16. The zero-order valence-corrected chi connectivity index (χ0v) is 18.8. The van der Waals surface area contributed by atoms with Gasteiger partial charge in [0.25, 0.3) is 0 Å². The normalized spacial score (nSPS) is 25.0. The summed E-state index contributed by atoms with van der Waals surface area (Å²) in [5, 5.41) is 11.8. The molecule has 2 amide bonds. The van der Waals surface area contributed by atoms with Crippen molar-refractivity contribution in [3.8, 4) is 0 Å². The van der Waals surface area contributed by atoms with Gasteiger partial charge in [-0.2, -0.15) is 0 Å². The monoisotopic (exact) mass is 420 g/mol. The predicted molar refractivity (Wildman–Crippen MR) is 118 cm³/mol. The number of hydrogen-bond donors (Lipinski definition) is 2. The summed E-state index contributed by atoms with van der Waals surface area (Å²) in [7, 11) is 1.71. The number of allylic oxidation sites excluding steroid dienone is 2. The van der Waals surface area contributed by atoms with Gasteiger partial charge in [-0.05, 0) is 68.6 Å². The Kier molecular flexibility index (Phi) is 10.4. The predicted octanol–water partition coefficient (Wildman–Crippen LogP) is 4.00. The Hall–Kier alpha value is -1.85. The minimum Gasteiger partial charge on any atom is -0.481 e. The first kappa shape index (κ1) is 24.4. The maximum Gasteiger partial charge on any atom is 0.303 e. The van der Waals surface area contributed by atoms with Crippen LogP contribution >= 0.6 is 0 Å². The summed E-state index contributed by atoms with van der Waals surface area (Å²) in [5.41, 5.74) is 0. The van der Waals surface area contributed by atoms with E-state index >= 15 is 0 Å². The molecule has 0 aromatic carbocycles. The van der Waals surface area contributed by atoms with Crippen LogP contribution in [0.25, 0.3) is 0 Å². The first-order valence-corrected chi connectivity index (χ1v) is 11.8. The number of carboxylic acid groups (broad SMARTS) is 1. The Morgan fingerprint density at radius 2 is 1.77 bits per heavy atom. The highest BCUT2D eigenvalue weighted by Crippen LogP contribution is 2.53. The largest absolute Gasteiger partial charge is 0.481 e. The van der Waals surface area contributed by atoms with E-state index in [1.54, 1.807) is 11.9 Å². The third kappa shape index (κ3) is 7.77. The van der Waals surface area contributed by atoms with Gasteiger partial charge in [-0.3, -0.25) is 14.4 Å². The van der Waals surface area contributed by atoms with Crippen molar-refractivity contribution in [3.05, 3.63) is 12.2 Å². The fourth-order valence-corrected chi connectivity index (χ4v) is 5.27. The molecule has 0 aromatic rings. The minimum absolute atomic E-state index is 0.0458. The topological polar surface area (TPSA) is 86.7 Å². The van der Waals surface area contributed by atoms with Crippen molar-refractivity contribution in [2.24, 2.45) is 23.7 Å². The van der Waals surface area contributed by atoms with Gasteiger partial charge in [0.05, 0.1) is 6.54 Å². The first-order chi connectivity index (χ1) is 14.4. The minimum atomic E-state index is -0.736. The SMILES string of the molecule is CCCCCC(=O)N(C)CC(=O)NC[C@@H]1[C@@H]2CC[C@@H](C2)[C@@H]1CC=CCCCC(=O)O. The van der Waals surface area contributed by atoms with E-state index < -0.39 is 5.97 Å². The molecule has 2 N–H and O–H groups in total. The van der Waals surface area contributed by atoms with Crippen LogP contribution in [-0.2, 0) is 14.4 Å². The average Bonchev–Trinajstić information content (AvgIpc) is 3.30. The molecule has 2 aliphatic rings. The lowest BCUT2D eigenvalue weighted by molar-refractivity contribution is -0.137. The fourth-order valence-electron chi connectivity index (χ4n) is 5.27. The number of unbranched alkanes of at least 4 members (excludes halogenated alkanes) is 3. The Labute approximate surface area is 181 Å². The Bertz CT molecular complexity index is 604. The van der Waals surface area contributed by atoms with Crippen LogP contribution in [0.2, 0.25) is 0 Å². The molecule has 30 heavy (non-hydrogen) atoms. The summed E-state index contributed by atoms with van der Waals surface area (Å²) in [6, 6.07) is 0. The van der Waals surface area contributed by atoms with Crippen LogP contribution in [0.5, 0.6) is 0 Å². The number of fused-ring (bicyclic) bond motifs is 2. The molecule has 0 radical (unpaired) electrons. The highest BCUT2D eigenvalue weighted by molar-refractivity contribution is 5.84. The molecule has 0 aromatic heterocycles. The van der Waals surface area contributed by atoms with Gasteiger partial charge in [0, 0.05) is 26.4 Å². The van der Waals surface area contributed by atoms with Crippen molar-refractivity contribution < 1.29 is 19.5 Å². The molecule has 0 heterocycles. The van der Waals surface area contributed by atoms with Gasteiger partial charge in [0.15, 0.2) is 0 Å². The van der Waals surface area contributed by atoms with Gasteiger partial charge in [0.1, 0.15) is 0 Å². The second kappa shape index (κ2) is 12.8. The summed E-state index contributed by atoms with van der Waals surface area (Å²) >= 11 is 0. The van der Waals surface area contributed by atoms with E-state index in [0.29, 0.717) is 37.1 Å². The van der Waals surface area contributed by atoms with Crippen molar-refractivity contribution in [1.82, 2.24) is 10.2 Å². The van der Waals surface area contributed by atoms with Crippen molar-refractivity contribution in [2.45, 2.75) is 77.6 Å². The van der Waals surface area contributed by atoms with Crippen molar-refractivity contribution in [3.63, 3.8) is 0 Å². The van der Waals surface area contributed by atoms with E-state index in [0.717, 1.165) is 38.0 Å². The molecule has 2 fully saturated rings. The molecule has 2 bridgehead atoms. The molecule has 6 heteroatoms. The highest BCUT2D eigenvalue weighted by atomic mass is 16.4. The van der Waals surface area contributed by atoms with E-state index in [9.17, 15) is 14.4 Å². The van der Waals surface area contributed by atoms with Crippen LogP contribution in [0, 0.1) is 23.7 Å². The molecule has 170 valence electrons. The van der Waals surface area contributed by atoms with Gasteiger partial charge >= 0.3 is 5.97 Å². The molecule has 2 rings (SSSR count). The van der Waals surface area contributed by atoms with Gasteiger partial charge in [-0.25, -0.2) is 0 Å². The van der Waals surface area contributed by atoms with E-state index in [-0.39, 0.29) is 24.8 Å². The Morgan fingerprint density at radius 3 is 2.47 bits per heavy atom. The van der Waals surface area contributed by atoms with E-state index in [2.05, 4.69) is 24.4 Å². The number of nitrogens with zero attached hydrogens (tertiary/aromatic N) is 1. The van der Waals surface area contributed by atoms with Gasteiger partial charge in [-0.1, -0.05) is 31.9 Å². The number of carboxylic acids is 1. The van der Waals surface area contributed by atoms with Crippen molar-refractivity contribution in [2.75, 3.05) is 20.1 Å². The second-order valence-corrected chi connectivity index (χ2v) is 9.16. The lowest BCUT2D eigenvalue weighted by atomic mass is 9.77. The summed E-state index contributed by atoms with van der Waals surface area (Å²) in [6.07, 6.45) is 14.4. The Balaban J connectivity index is 1.73. The van der Waals surface area contributed by atoms with Crippen LogP contribution in [0.15, 0.2) is 12.2 Å². The molecular weight excluding hydrogens is 380 g/mol. The van der Waals surface area contributed by atoms with Gasteiger partial charge in [-0.15, -0.1) is 0 Å². The van der Waals surface area contributed by atoms with Gasteiger partial charge < -0.3 is 15.3 Å². The molecular formula is C24H40N2O4. The number of amides is 2. The number of likely N-dealkylation sites (N-methyl/N-ethyl adjacent to an activating group) is 1. The molecule has 2 saturated carbocycles.